The molecule has 9 nitrogen and oxygen atoms in total. The van der Waals surface area contributed by atoms with Crippen molar-refractivity contribution in [1.82, 2.24) is 10.2 Å². The molecule has 4 rings (SSSR count). The van der Waals surface area contributed by atoms with Gasteiger partial charge in [-0.2, -0.15) is 0 Å². The first kappa shape index (κ1) is 30.8. The standard InChI is InChI=1S/C31H36FN3O6S/c1-21(2)18-33-31(37)23(4)34(19-24-8-6-5-7-22(24)3)30(36)20-35(26-11-9-25(32)10-12-26)42(38,39)27-13-14-28-29(17-27)41-16-15-40-28/h5-14,17,21,23H,15-16,18-20H2,1-4H3,(H,33,37)/t23-/m1/s1. The van der Waals surface area contributed by atoms with E-state index in [1.54, 1.807) is 6.92 Å². The number of sulfonamides is 1. The van der Waals surface area contributed by atoms with Crippen molar-refractivity contribution in [2.24, 2.45) is 5.92 Å². The van der Waals surface area contributed by atoms with Gasteiger partial charge in [0.15, 0.2) is 11.5 Å². The van der Waals surface area contributed by atoms with Crippen LogP contribution in [0.25, 0.3) is 0 Å². The van der Waals surface area contributed by atoms with Crippen LogP contribution in [0.5, 0.6) is 11.5 Å². The van der Waals surface area contributed by atoms with Gasteiger partial charge >= 0.3 is 0 Å². The summed E-state index contributed by atoms with van der Waals surface area (Å²) in [5.41, 5.74) is 1.83. The molecule has 0 radical (unpaired) electrons. The third-order valence-electron chi connectivity index (χ3n) is 6.95. The van der Waals surface area contributed by atoms with Crippen LogP contribution in [0.4, 0.5) is 10.1 Å². The summed E-state index contributed by atoms with van der Waals surface area (Å²) < 4.78 is 53.9. The van der Waals surface area contributed by atoms with E-state index in [2.05, 4.69) is 5.32 Å². The van der Waals surface area contributed by atoms with Crippen LogP contribution in [0.3, 0.4) is 0 Å². The molecule has 0 bridgehead atoms. The number of fused-ring (bicyclic) bond motifs is 1. The van der Waals surface area contributed by atoms with Gasteiger partial charge in [-0.3, -0.25) is 13.9 Å². The van der Waals surface area contributed by atoms with E-state index in [9.17, 15) is 22.4 Å². The van der Waals surface area contributed by atoms with Gasteiger partial charge in [-0.15, -0.1) is 0 Å². The van der Waals surface area contributed by atoms with Gasteiger partial charge in [-0.1, -0.05) is 38.1 Å². The van der Waals surface area contributed by atoms with Gasteiger partial charge in [-0.25, -0.2) is 12.8 Å². The molecule has 42 heavy (non-hydrogen) atoms. The number of rotatable bonds is 11. The van der Waals surface area contributed by atoms with Crippen LogP contribution in [0.2, 0.25) is 0 Å². The number of halogens is 1. The van der Waals surface area contributed by atoms with E-state index in [4.69, 9.17) is 9.47 Å². The summed E-state index contributed by atoms with van der Waals surface area (Å²) in [7, 11) is -4.35. The lowest BCUT2D eigenvalue weighted by Gasteiger charge is -2.32. The average molecular weight is 598 g/mol. The molecule has 3 aromatic rings. The molecular weight excluding hydrogens is 561 g/mol. The first-order valence-corrected chi connectivity index (χ1v) is 15.2. The zero-order valence-electron chi connectivity index (χ0n) is 24.2. The topological polar surface area (TPSA) is 105 Å². The highest BCUT2D eigenvalue weighted by Crippen LogP contribution is 2.34. The summed E-state index contributed by atoms with van der Waals surface area (Å²) in [5.74, 6) is -0.630. The van der Waals surface area contributed by atoms with Crippen LogP contribution in [-0.4, -0.2) is 57.5 Å². The van der Waals surface area contributed by atoms with Gasteiger partial charge in [0, 0.05) is 19.2 Å². The maximum Gasteiger partial charge on any atom is 0.264 e. The number of hydrogen-bond acceptors (Lipinski definition) is 6. The molecule has 0 aliphatic carbocycles. The zero-order chi connectivity index (χ0) is 30.4. The number of aryl methyl sites for hydroxylation is 1. The molecule has 0 unspecified atom stereocenters. The van der Waals surface area contributed by atoms with Crippen LogP contribution in [0, 0.1) is 18.7 Å². The van der Waals surface area contributed by atoms with Crippen molar-refractivity contribution in [3.63, 3.8) is 0 Å². The number of nitrogens with zero attached hydrogens (tertiary/aromatic N) is 2. The molecule has 0 saturated heterocycles. The number of carbonyl (C=O) groups is 2. The van der Waals surface area contributed by atoms with E-state index < -0.39 is 34.3 Å². The van der Waals surface area contributed by atoms with E-state index in [-0.39, 0.29) is 41.3 Å². The minimum atomic E-state index is -4.35. The minimum absolute atomic E-state index is 0.0864. The number of nitrogens with one attached hydrogen (secondary N) is 1. The molecule has 1 aliphatic heterocycles. The molecule has 0 spiro atoms. The number of ether oxygens (including phenoxy) is 2. The predicted molar refractivity (Wildman–Crippen MR) is 157 cm³/mol. The van der Waals surface area contributed by atoms with Crippen molar-refractivity contribution in [1.29, 1.82) is 0 Å². The summed E-state index contributed by atoms with van der Waals surface area (Å²) in [6.45, 7) is 7.93. The Balaban J connectivity index is 1.71. The monoisotopic (exact) mass is 597 g/mol. The third-order valence-corrected chi connectivity index (χ3v) is 8.72. The molecule has 1 atom stereocenters. The van der Waals surface area contributed by atoms with Crippen LogP contribution in [0.1, 0.15) is 31.9 Å². The second-order valence-corrected chi connectivity index (χ2v) is 12.4. The Morgan fingerprint density at radius 1 is 0.952 bits per heavy atom. The number of hydrogen-bond donors (Lipinski definition) is 1. The highest BCUT2D eigenvalue weighted by atomic mass is 32.2. The predicted octanol–water partition coefficient (Wildman–Crippen LogP) is 4.29. The summed E-state index contributed by atoms with van der Waals surface area (Å²) in [5, 5.41) is 2.86. The Labute approximate surface area is 246 Å². The second-order valence-electron chi connectivity index (χ2n) is 10.6. The maximum atomic E-state index is 14.0. The smallest absolute Gasteiger partial charge is 0.264 e. The van der Waals surface area contributed by atoms with Gasteiger partial charge in [0.05, 0.1) is 10.6 Å². The normalized spacial score (nSPS) is 13.4. The highest BCUT2D eigenvalue weighted by Gasteiger charge is 2.33. The van der Waals surface area contributed by atoms with Crippen molar-refractivity contribution in [2.75, 3.05) is 30.6 Å². The average Bonchev–Trinajstić information content (AvgIpc) is 2.98. The van der Waals surface area contributed by atoms with Gasteiger partial charge in [0.25, 0.3) is 10.0 Å². The fourth-order valence-electron chi connectivity index (χ4n) is 4.45. The van der Waals surface area contributed by atoms with E-state index in [1.165, 1.54) is 35.2 Å². The molecule has 224 valence electrons. The SMILES string of the molecule is Cc1ccccc1CN(C(=O)CN(c1ccc(F)cc1)S(=O)(=O)c1ccc2c(c1)OCCO2)[C@H](C)C(=O)NCC(C)C. The first-order valence-electron chi connectivity index (χ1n) is 13.8. The van der Waals surface area contributed by atoms with Crippen molar-refractivity contribution < 1.29 is 31.9 Å². The minimum Gasteiger partial charge on any atom is -0.486 e. The molecule has 3 aromatic carbocycles. The molecule has 1 heterocycles. The molecular formula is C31H36FN3O6S. The van der Waals surface area contributed by atoms with Gasteiger partial charge in [0.2, 0.25) is 11.8 Å². The van der Waals surface area contributed by atoms with Crippen molar-refractivity contribution in [3.05, 3.63) is 83.7 Å². The summed E-state index contributed by atoms with van der Waals surface area (Å²) in [4.78, 5) is 28.4. The van der Waals surface area contributed by atoms with E-state index in [0.717, 1.165) is 27.6 Å². The van der Waals surface area contributed by atoms with Crippen LogP contribution in [-0.2, 0) is 26.2 Å². The van der Waals surface area contributed by atoms with Crippen LogP contribution < -0.4 is 19.1 Å². The van der Waals surface area contributed by atoms with Crippen LogP contribution >= 0.6 is 0 Å². The Bertz CT molecular complexity index is 1530. The number of benzene rings is 3. The lowest BCUT2D eigenvalue weighted by molar-refractivity contribution is -0.139. The quantitative estimate of drug-likeness (QED) is 0.354. The van der Waals surface area contributed by atoms with Crippen molar-refractivity contribution in [3.8, 4) is 11.5 Å². The Kier molecular flexibility index (Phi) is 9.72. The lowest BCUT2D eigenvalue weighted by atomic mass is 10.1. The van der Waals surface area contributed by atoms with Gasteiger partial charge in [-0.05, 0) is 67.3 Å². The molecule has 11 heteroatoms. The zero-order valence-corrected chi connectivity index (χ0v) is 25.0. The maximum absolute atomic E-state index is 14.0. The van der Waals surface area contributed by atoms with Crippen molar-refractivity contribution >= 4 is 27.5 Å². The molecule has 1 N–H and O–H groups in total. The fraction of sp³-hybridized carbons (Fsp3) is 0.355. The number of amides is 2. The van der Waals surface area contributed by atoms with E-state index >= 15 is 0 Å². The Hall–Kier alpha value is -4.12. The molecule has 2 amide bonds. The highest BCUT2D eigenvalue weighted by molar-refractivity contribution is 7.92. The van der Waals surface area contributed by atoms with Gasteiger partial charge in [0.1, 0.15) is 31.6 Å². The van der Waals surface area contributed by atoms with E-state index in [1.807, 2.05) is 45.0 Å². The molecule has 0 saturated carbocycles. The van der Waals surface area contributed by atoms with Crippen LogP contribution in [0.15, 0.2) is 71.6 Å². The number of carbonyl (C=O) groups excluding carboxylic acids is 2. The summed E-state index contributed by atoms with van der Waals surface area (Å²) in [6.07, 6.45) is 0. The third kappa shape index (κ3) is 7.20. The van der Waals surface area contributed by atoms with Gasteiger partial charge < -0.3 is 19.7 Å². The largest absolute Gasteiger partial charge is 0.486 e. The molecule has 0 fully saturated rings. The van der Waals surface area contributed by atoms with Crippen molar-refractivity contribution in [2.45, 2.75) is 45.2 Å². The Morgan fingerprint density at radius 3 is 2.29 bits per heavy atom. The summed E-state index contributed by atoms with van der Waals surface area (Å²) >= 11 is 0. The first-order chi connectivity index (χ1) is 20.0. The second kappa shape index (κ2) is 13.2. The Morgan fingerprint density at radius 2 is 1.62 bits per heavy atom. The lowest BCUT2D eigenvalue weighted by Crippen LogP contribution is -2.51. The number of anilines is 1. The molecule has 1 aliphatic rings. The summed E-state index contributed by atoms with van der Waals surface area (Å²) in [6, 6.07) is 15.6. The fourth-order valence-corrected chi connectivity index (χ4v) is 5.88. The van der Waals surface area contributed by atoms with E-state index in [0.29, 0.717) is 18.9 Å². The molecule has 0 aromatic heterocycles.